The second-order valence-electron chi connectivity index (χ2n) is 5.65. The average molecular weight is 312 g/mol. The fourth-order valence-electron chi connectivity index (χ4n) is 2.29. The highest BCUT2D eigenvalue weighted by atomic mass is 35.5. The third-order valence-electron chi connectivity index (χ3n) is 3.10. The molecule has 0 fully saturated rings. The van der Waals surface area contributed by atoms with Gasteiger partial charge in [-0.3, -0.25) is 4.79 Å². The fourth-order valence-corrected chi connectivity index (χ4v) is 2.52. The van der Waals surface area contributed by atoms with E-state index in [-0.39, 0.29) is 12.5 Å². The molecule has 0 bridgehead atoms. The number of rotatable bonds is 9. The van der Waals surface area contributed by atoms with Gasteiger partial charge in [-0.05, 0) is 31.0 Å². The van der Waals surface area contributed by atoms with E-state index in [1.807, 2.05) is 23.1 Å². The Labute approximate surface area is 132 Å². The summed E-state index contributed by atoms with van der Waals surface area (Å²) in [6, 6.07) is 5.79. The Balaban J connectivity index is 3.04. The van der Waals surface area contributed by atoms with Gasteiger partial charge in [0.1, 0.15) is 0 Å². The first-order valence-corrected chi connectivity index (χ1v) is 7.84. The molecule has 0 atom stereocenters. The number of halogens is 1. The lowest BCUT2D eigenvalue weighted by atomic mass is 10.1. The molecule has 21 heavy (non-hydrogen) atoms. The minimum absolute atomic E-state index is 0.208. The van der Waals surface area contributed by atoms with Gasteiger partial charge < -0.3 is 16.0 Å². The maximum Gasteiger partial charge on any atom is 0.236 e. The standard InChI is InChI=1S/C16H26ClN3O/c1-4-8-19-9-13-14(17)6-5-7-15(13)20(10-12(2)3)11-16(18)21/h5-7,12,19H,4,8-11H2,1-3H3,(H2,18,21). The quantitative estimate of drug-likeness (QED) is 0.689. The predicted molar refractivity (Wildman–Crippen MR) is 89.7 cm³/mol. The Morgan fingerprint density at radius 2 is 2.14 bits per heavy atom. The van der Waals surface area contributed by atoms with Gasteiger partial charge >= 0.3 is 0 Å². The van der Waals surface area contributed by atoms with Gasteiger partial charge in [0.25, 0.3) is 0 Å². The van der Waals surface area contributed by atoms with Crippen molar-refractivity contribution in [1.29, 1.82) is 0 Å². The molecule has 1 rings (SSSR count). The number of amides is 1. The van der Waals surface area contributed by atoms with E-state index in [9.17, 15) is 4.79 Å². The number of nitrogens with two attached hydrogens (primary N) is 1. The van der Waals surface area contributed by atoms with Gasteiger partial charge in [-0.25, -0.2) is 0 Å². The number of carbonyl (C=O) groups excluding carboxylic acids is 1. The zero-order chi connectivity index (χ0) is 15.8. The summed E-state index contributed by atoms with van der Waals surface area (Å²) in [6.45, 7) is 8.96. The van der Waals surface area contributed by atoms with Gasteiger partial charge in [0.15, 0.2) is 0 Å². The lowest BCUT2D eigenvalue weighted by Gasteiger charge is -2.28. The first kappa shape index (κ1) is 17.8. The number of hydrogen-bond donors (Lipinski definition) is 2. The average Bonchev–Trinajstić information content (AvgIpc) is 2.39. The van der Waals surface area contributed by atoms with Gasteiger partial charge in [0.05, 0.1) is 6.54 Å². The van der Waals surface area contributed by atoms with Crippen LogP contribution in [0.15, 0.2) is 18.2 Å². The Hall–Kier alpha value is -1.26. The van der Waals surface area contributed by atoms with Crippen LogP contribution < -0.4 is 16.0 Å². The third kappa shape index (κ3) is 5.94. The molecule has 0 unspecified atom stereocenters. The van der Waals surface area contributed by atoms with Crippen molar-refractivity contribution < 1.29 is 4.79 Å². The van der Waals surface area contributed by atoms with E-state index in [0.29, 0.717) is 17.5 Å². The van der Waals surface area contributed by atoms with Crippen molar-refractivity contribution in [1.82, 2.24) is 5.32 Å². The SMILES string of the molecule is CCCNCc1c(Cl)cccc1N(CC(N)=O)CC(C)C. The maximum atomic E-state index is 11.4. The van der Waals surface area contributed by atoms with Crippen LogP contribution in [0.4, 0.5) is 5.69 Å². The van der Waals surface area contributed by atoms with E-state index in [0.717, 1.165) is 30.8 Å². The molecule has 0 saturated heterocycles. The van der Waals surface area contributed by atoms with E-state index in [1.54, 1.807) is 0 Å². The minimum atomic E-state index is -0.330. The van der Waals surface area contributed by atoms with Crippen LogP contribution in [-0.4, -0.2) is 25.5 Å². The number of nitrogens with zero attached hydrogens (tertiary/aromatic N) is 1. The molecule has 3 N–H and O–H groups in total. The Bertz CT molecular complexity index is 463. The highest BCUT2D eigenvalue weighted by Crippen LogP contribution is 2.28. The monoisotopic (exact) mass is 311 g/mol. The van der Waals surface area contributed by atoms with E-state index in [4.69, 9.17) is 17.3 Å². The molecule has 0 heterocycles. The van der Waals surface area contributed by atoms with Crippen LogP contribution in [0.2, 0.25) is 5.02 Å². The molecule has 0 aliphatic rings. The Kier molecular flexibility index (Phi) is 7.54. The van der Waals surface area contributed by atoms with Crippen LogP contribution in [-0.2, 0) is 11.3 Å². The van der Waals surface area contributed by atoms with Crippen LogP contribution in [0.5, 0.6) is 0 Å². The number of benzene rings is 1. The van der Waals surface area contributed by atoms with Crippen molar-refractivity contribution in [2.45, 2.75) is 33.7 Å². The fraction of sp³-hybridized carbons (Fsp3) is 0.562. The number of hydrogen-bond acceptors (Lipinski definition) is 3. The Morgan fingerprint density at radius 3 is 2.71 bits per heavy atom. The van der Waals surface area contributed by atoms with Crippen molar-refractivity contribution in [3.63, 3.8) is 0 Å². The zero-order valence-electron chi connectivity index (χ0n) is 13.2. The topological polar surface area (TPSA) is 58.4 Å². The summed E-state index contributed by atoms with van der Waals surface area (Å²) in [6.07, 6.45) is 1.07. The van der Waals surface area contributed by atoms with E-state index in [1.165, 1.54) is 0 Å². The minimum Gasteiger partial charge on any atom is -0.368 e. The molecule has 1 amide bonds. The van der Waals surface area contributed by atoms with Crippen LogP contribution >= 0.6 is 11.6 Å². The molecule has 0 aliphatic carbocycles. The van der Waals surface area contributed by atoms with Crippen LogP contribution in [0.1, 0.15) is 32.8 Å². The van der Waals surface area contributed by atoms with E-state index in [2.05, 4.69) is 26.1 Å². The molecule has 5 heteroatoms. The van der Waals surface area contributed by atoms with Gasteiger partial charge in [-0.15, -0.1) is 0 Å². The number of nitrogens with one attached hydrogen (secondary N) is 1. The molecule has 0 spiro atoms. The van der Waals surface area contributed by atoms with Gasteiger partial charge in [0.2, 0.25) is 5.91 Å². The molecule has 118 valence electrons. The molecule has 0 radical (unpaired) electrons. The molecule has 1 aromatic carbocycles. The summed E-state index contributed by atoms with van der Waals surface area (Å²) in [5, 5.41) is 4.08. The largest absolute Gasteiger partial charge is 0.368 e. The second kappa shape index (κ2) is 8.90. The Morgan fingerprint density at radius 1 is 1.43 bits per heavy atom. The lowest BCUT2D eigenvalue weighted by molar-refractivity contribution is -0.116. The summed E-state index contributed by atoms with van der Waals surface area (Å²) in [4.78, 5) is 13.4. The number of primary amides is 1. The molecular formula is C16H26ClN3O. The summed E-state index contributed by atoms with van der Waals surface area (Å²) in [5.74, 6) is 0.0999. The summed E-state index contributed by atoms with van der Waals surface area (Å²) in [5.41, 5.74) is 7.39. The molecule has 4 nitrogen and oxygen atoms in total. The highest BCUT2D eigenvalue weighted by molar-refractivity contribution is 6.31. The van der Waals surface area contributed by atoms with E-state index < -0.39 is 0 Å². The molecule has 0 aromatic heterocycles. The normalized spacial score (nSPS) is 10.9. The predicted octanol–water partition coefficient (Wildman–Crippen LogP) is 2.79. The smallest absolute Gasteiger partial charge is 0.236 e. The summed E-state index contributed by atoms with van der Waals surface area (Å²) < 4.78 is 0. The van der Waals surface area contributed by atoms with Crippen molar-refractivity contribution in [2.75, 3.05) is 24.5 Å². The molecule has 0 aliphatic heterocycles. The van der Waals surface area contributed by atoms with Gasteiger partial charge in [-0.2, -0.15) is 0 Å². The van der Waals surface area contributed by atoms with Crippen LogP contribution in [0.25, 0.3) is 0 Å². The van der Waals surface area contributed by atoms with Crippen LogP contribution in [0, 0.1) is 5.92 Å². The van der Waals surface area contributed by atoms with Gasteiger partial charge in [-0.1, -0.05) is 38.4 Å². The van der Waals surface area contributed by atoms with Crippen molar-refractivity contribution in [3.05, 3.63) is 28.8 Å². The zero-order valence-corrected chi connectivity index (χ0v) is 13.9. The summed E-state index contributed by atoms with van der Waals surface area (Å²) >= 11 is 6.34. The lowest BCUT2D eigenvalue weighted by Crippen LogP contribution is -2.37. The first-order chi connectivity index (χ1) is 9.95. The molecule has 1 aromatic rings. The van der Waals surface area contributed by atoms with E-state index >= 15 is 0 Å². The third-order valence-corrected chi connectivity index (χ3v) is 3.45. The molecular weight excluding hydrogens is 286 g/mol. The van der Waals surface area contributed by atoms with Crippen molar-refractivity contribution >= 4 is 23.2 Å². The summed E-state index contributed by atoms with van der Waals surface area (Å²) in [7, 11) is 0. The van der Waals surface area contributed by atoms with Crippen molar-refractivity contribution in [3.8, 4) is 0 Å². The first-order valence-electron chi connectivity index (χ1n) is 7.47. The van der Waals surface area contributed by atoms with Crippen molar-refractivity contribution in [2.24, 2.45) is 11.7 Å². The second-order valence-corrected chi connectivity index (χ2v) is 6.06. The molecule has 0 saturated carbocycles. The van der Waals surface area contributed by atoms with Crippen LogP contribution in [0.3, 0.4) is 0 Å². The number of carbonyl (C=O) groups is 1. The highest BCUT2D eigenvalue weighted by Gasteiger charge is 2.16. The van der Waals surface area contributed by atoms with Gasteiger partial charge in [0, 0.05) is 29.4 Å². The maximum absolute atomic E-state index is 11.4. The number of anilines is 1.